The lowest BCUT2D eigenvalue weighted by Crippen LogP contribution is -2.28. The fourth-order valence-corrected chi connectivity index (χ4v) is 2.73. The maximum Gasteiger partial charge on any atom is 0.356 e. The summed E-state index contributed by atoms with van der Waals surface area (Å²) in [5, 5.41) is 5.67. The summed E-state index contributed by atoms with van der Waals surface area (Å²) in [6, 6.07) is 11.9. The summed E-state index contributed by atoms with van der Waals surface area (Å²) in [6.07, 6.45) is 2.99. The number of methoxy groups -OCH3 is 1. The van der Waals surface area contributed by atoms with Gasteiger partial charge in [-0.05, 0) is 42.7 Å². The molecule has 0 spiro atoms. The number of pyridine rings is 1. The van der Waals surface area contributed by atoms with Crippen LogP contribution in [-0.2, 0) is 16.1 Å². The molecule has 0 atom stereocenters. The number of rotatable bonds is 6. The SMILES string of the molecule is COC(=O)c1cccc(C(=O)NCc2cccc(NC(=O)C3CCC3)c2)n1. The summed E-state index contributed by atoms with van der Waals surface area (Å²) in [5.74, 6) is -0.836. The van der Waals surface area contributed by atoms with Crippen LogP contribution in [0.4, 0.5) is 5.69 Å². The summed E-state index contributed by atoms with van der Waals surface area (Å²) < 4.78 is 4.61. The number of aromatic nitrogens is 1. The van der Waals surface area contributed by atoms with E-state index in [1.165, 1.54) is 19.2 Å². The van der Waals surface area contributed by atoms with Crippen LogP contribution in [0.3, 0.4) is 0 Å². The fraction of sp³-hybridized carbons (Fsp3) is 0.300. The van der Waals surface area contributed by atoms with E-state index in [0.29, 0.717) is 5.69 Å². The van der Waals surface area contributed by atoms with Crippen LogP contribution in [0.25, 0.3) is 0 Å². The predicted molar refractivity (Wildman–Crippen MR) is 99.2 cm³/mol. The summed E-state index contributed by atoms with van der Waals surface area (Å²) in [7, 11) is 1.26. The van der Waals surface area contributed by atoms with Gasteiger partial charge in [-0.25, -0.2) is 9.78 Å². The van der Waals surface area contributed by atoms with E-state index >= 15 is 0 Å². The van der Waals surface area contributed by atoms with Gasteiger partial charge in [0.15, 0.2) is 0 Å². The Balaban J connectivity index is 1.59. The minimum absolute atomic E-state index is 0.0475. The average molecular weight is 367 g/mol. The fourth-order valence-electron chi connectivity index (χ4n) is 2.73. The van der Waals surface area contributed by atoms with Crippen LogP contribution < -0.4 is 10.6 Å². The van der Waals surface area contributed by atoms with Gasteiger partial charge in [0.25, 0.3) is 5.91 Å². The number of benzene rings is 1. The highest BCUT2D eigenvalue weighted by Gasteiger charge is 2.25. The van der Waals surface area contributed by atoms with Gasteiger partial charge in [0, 0.05) is 18.2 Å². The molecule has 1 heterocycles. The number of anilines is 1. The van der Waals surface area contributed by atoms with Gasteiger partial charge in [-0.3, -0.25) is 9.59 Å². The molecule has 0 unspecified atom stereocenters. The lowest BCUT2D eigenvalue weighted by Gasteiger charge is -2.24. The number of hydrogen-bond donors (Lipinski definition) is 2. The summed E-state index contributed by atoms with van der Waals surface area (Å²) >= 11 is 0. The number of carbonyl (C=O) groups is 3. The Morgan fingerprint density at radius 3 is 2.56 bits per heavy atom. The van der Waals surface area contributed by atoms with E-state index in [9.17, 15) is 14.4 Å². The Morgan fingerprint density at radius 2 is 1.85 bits per heavy atom. The Morgan fingerprint density at radius 1 is 1.11 bits per heavy atom. The van der Waals surface area contributed by atoms with Crippen molar-refractivity contribution in [2.24, 2.45) is 5.92 Å². The van der Waals surface area contributed by atoms with E-state index < -0.39 is 11.9 Å². The summed E-state index contributed by atoms with van der Waals surface area (Å²) in [5.41, 5.74) is 1.77. The largest absolute Gasteiger partial charge is 0.464 e. The molecule has 3 rings (SSSR count). The minimum atomic E-state index is -0.598. The Kier molecular flexibility index (Phi) is 5.80. The molecule has 27 heavy (non-hydrogen) atoms. The second-order valence-corrected chi connectivity index (χ2v) is 6.40. The third-order valence-electron chi connectivity index (χ3n) is 4.50. The molecule has 0 bridgehead atoms. The first kappa shape index (κ1) is 18.6. The first-order valence-electron chi connectivity index (χ1n) is 8.80. The summed E-state index contributed by atoms with van der Waals surface area (Å²) in [4.78, 5) is 39.8. The van der Waals surface area contributed by atoms with Crippen LogP contribution in [0.5, 0.6) is 0 Å². The molecule has 1 aliphatic carbocycles. The van der Waals surface area contributed by atoms with E-state index in [-0.39, 0.29) is 29.8 Å². The van der Waals surface area contributed by atoms with Crippen molar-refractivity contribution in [3.05, 3.63) is 59.4 Å². The first-order valence-corrected chi connectivity index (χ1v) is 8.80. The van der Waals surface area contributed by atoms with Crippen LogP contribution in [-0.4, -0.2) is 29.9 Å². The molecular formula is C20H21N3O4. The molecule has 2 N–H and O–H groups in total. The molecule has 2 amide bonds. The zero-order valence-corrected chi connectivity index (χ0v) is 15.0. The molecule has 0 aliphatic heterocycles. The molecule has 0 saturated heterocycles. The topological polar surface area (TPSA) is 97.4 Å². The van der Waals surface area contributed by atoms with Crippen molar-refractivity contribution in [3.8, 4) is 0 Å². The zero-order valence-electron chi connectivity index (χ0n) is 15.0. The predicted octanol–water partition coefficient (Wildman–Crippen LogP) is 2.54. The second-order valence-electron chi connectivity index (χ2n) is 6.40. The molecule has 0 radical (unpaired) electrons. The maximum absolute atomic E-state index is 12.3. The van der Waals surface area contributed by atoms with Crippen LogP contribution >= 0.6 is 0 Å². The summed E-state index contributed by atoms with van der Waals surface area (Å²) in [6.45, 7) is 0.274. The third kappa shape index (κ3) is 4.69. The molecule has 1 aliphatic rings. The van der Waals surface area contributed by atoms with Gasteiger partial charge in [-0.2, -0.15) is 0 Å². The van der Waals surface area contributed by atoms with E-state index in [1.807, 2.05) is 24.3 Å². The van der Waals surface area contributed by atoms with Crippen molar-refractivity contribution < 1.29 is 19.1 Å². The third-order valence-corrected chi connectivity index (χ3v) is 4.50. The zero-order chi connectivity index (χ0) is 19.2. The molecule has 1 aromatic heterocycles. The van der Waals surface area contributed by atoms with E-state index in [1.54, 1.807) is 6.07 Å². The molecule has 2 aromatic rings. The number of carbonyl (C=O) groups excluding carboxylic acids is 3. The van der Waals surface area contributed by atoms with Gasteiger partial charge in [0.1, 0.15) is 11.4 Å². The van der Waals surface area contributed by atoms with Gasteiger partial charge in [-0.1, -0.05) is 24.6 Å². The number of hydrogen-bond acceptors (Lipinski definition) is 5. The highest BCUT2D eigenvalue weighted by atomic mass is 16.5. The lowest BCUT2D eigenvalue weighted by atomic mass is 9.85. The molecule has 1 saturated carbocycles. The van der Waals surface area contributed by atoms with Crippen molar-refractivity contribution in [3.63, 3.8) is 0 Å². The molecule has 140 valence electrons. The smallest absolute Gasteiger partial charge is 0.356 e. The van der Waals surface area contributed by atoms with E-state index in [4.69, 9.17) is 0 Å². The second kappa shape index (κ2) is 8.44. The Labute approximate surface area is 157 Å². The normalized spacial score (nSPS) is 13.4. The van der Waals surface area contributed by atoms with Gasteiger partial charge in [0.05, 0.1) is 7.11 Å². The number of amides is 2. The molecule has 1 fully saturated rings. The first-order chi connectivity index (χ1) is 13.1. The van der Waals surface area contributed by atoms with Crippen molar-refractivity contribution in [1.82, 2.24) is 10.3 Å². The van der Waals surface area contributed by atoms with E-state index in [0.717, 1.165) is 24.8 Å². The molecule has 7 nitrogen and oxygen atoms in total. The van der Waals surface area contributed by atoms with Crippen LogP contribution in [0.2, 0.25) is 0 Å². The lowest BCUT2D eigenvalue weighted by molar-refractivity contribution is -0.122. The highest BCUT2D eigenvalue weighted by Crippen LogP contribution is 2.27. The van der Waals surface area contributed by atoms with Crippen molar-refractivity contribution in [2.45, 2.75) is 25.8 Å². The quantitative estimate of drug-likeness (QED) is 0.765. The number of nitrogens with zero attached hydrogens (tertiary/aromatic N) is 1. The average Bonchev–Trinajstić information content (AvgIpc) is 2.64. The molecule has 1 aromatic carbocycles. The van der Waals surface area contributed by atoms with Crippen LogP contribution in [0.15, 0.2) is 42.5 Å². The monoisotopic (exact) mass is 367 g/mol. The Bertz CT molecular complexity index is 862. The van der Waals surface area contributed by atoms with Crippen LogP contribution in [0.1, 0.15) is 45.8 Å². The van der Waals surface area contributed by atoms with Crippen molar-refractivity contribution >= 4 is 23.5 Å². The van der Waals surface area contributed by atoms with Gasteiger partial charge in [0.2, 0.25) is 5.91 Å². The van der Waals surface area contributed by atoms with Gasteiger partial charge >= 0.3 is 5.97 Å². The number of ether oxygens (including phenoxy) is 1. The minimum Gasteiger partial charge on any atom is -0.464 e. The van der Waals surface area contributed by atoms with E-state index in [2.05, 4.69) is 20.4 Å². The maximum atomic E-state index is 12.3. The number of esters is 1. The highest BCUT2D eigenvalue weighted by molar-refractivity contribution is 5.95. The Hall–Kier alpha value is -3.22. The van der Waals surface area contributed by atoms with Gasteiger partial charge in [-0.15, -0.1) is 0 Å². The standard InChI is InChI=1S/C20H21N3O4/c1-27-20(26)17-10-4-9-16(23-17)19(25)21-12-13-5-2-8-15(11-13)22-18(24)14-6-3-7-14/h2,4-5,8-11,14H,3,6-7,12H2,1H3,(H,21,25)(H,22,24). The van der Waals surface area contributed by atoms with Crippen molar-refractivity contribution in [2.75, 3.05) is 12.4 Å². The van der Waals surface area contributed by atoms with Crippen molar-refractivity contribution in [1.29, 1.82) is 0 Å². The molecule has 7 heteroatoms. The van der Waals surface area contributed by atoms with Gasteiger partial charge < -0.3 is 15.4 Å². The van der Waals surface area contributed by atoms with Crippen LogP contribution in [0, 0.1) is 5.92 Å². The number of nitrogens with one attached hydrogen (secondary N) is 2. The molecular weight excluding hydrogens is 346 g/mol.